The molecule has 0 amide bonds. The van der Waals surface area contributed by atoms with Gasteiger partial charge in [0.25, 0.3) is 5.56 Å². The molecule has 1 atom stereocenters. The topological polar surface area (TPSA) is 76.6 Å². The van der Waals surface area contributed by atoms with E-state index >= 15 is 0 Å². The van der Waals surface area contributed by atoms with Gasteiger partial charge in [0.2, 0.25) is 0 Å². The van der Waals surface area contributed by atoms with Crippen LogP contribution in [0.25, 0.3) is 6.08 Å². The van der Waals surface area contributed by atoms with Crippen molar-refractivity contribution in [3.8, 4) is 0 Å². The summed E-state index contributed by atoms with van der Waals surface area (Å²) in [5, 5.41) is 10.0. The monoisotopic (exact) mass is 339 g/mol. The van der Waals surface area contributed by atoms with E-state index in [1.165, 1.54) is 27.0 Å². The maximum Gasteiger partial charge on any atom is 0.332 e. The Kier molecular flexibility index (Phi) is 7.51. The molecular weight excluding hydrogens is 314 g/mol. The average Bonchev–Trinajstić information content (AvgIpc) is 2.51. The van der Waals surface area contributed by atoms with Crippen molar-refractivity contribution < 1.29 is 5.11 Å². The molecule has 128 valence electrons. The number of unbranched alkanes of at least 4 members (excludes halogenated alkanes) is 1. The highest BCUT2D eigenvalue weighted by Gasteiger charge is 2.15. The van der Waals surface area contributed by atoms with Crippen LogP contribution in [0.2, 0.25) is 0 Å². The minimum atomic E-state index is -0.384. The highest BCUT2D eigenvalue weighted by Crippen LogP contribution is 2.16. The summed E-state index contributed by atoms with van der Waals surface area (Å²) in [7, 11) is 1.60. The Hall–Kier alpha value is -1.60. The number of hydrogen-bond acceptors (Lipinski definition) is 5. The van der Waals surface area contributed by atoms with E-state index in [1.54, 1.807) is 14.0 Å². The summed E-state index contributed by atoms with van der Waals surface area (Å²) in [5.74, 6) is 0.335. The fourth-order valence-electron chi connectivity index (χ4n) is 2.20. The maximum absolute atomic E-state index is 12.5. The molecule has 7 heteroatoms. The maximum atomic E-state index is 12.5. The molecule has 0 aliphatic rings. The number of rotatable bonds is 7. The van der Waals surface area contributed by atoms with Gasteiger partial charge < -0.3 is 5.11 Å². The minimum absolute atomic E-state index is 0.324. The minimum Gasteiger partial charge on any atom is -0.393 e. The quantitative estimate of drug-likeness (QED) is 0.469. The molecule has 0 aliphatic carbocycles. The Balaban J connectivity index is 3.26. The zero-order chi connectivity index (χ0) is 17.6. The third kappa shape index (κ3) is 4.94. The normalized spacial score (nSPS) is 13.2. The summed E-state index contributed by atoms with van der Waals surface area (Å²) in [5.41, 5.74) is -0.422. The van der Waals surface area contributed by atoms with E-state index in [2.05, 4.69) is 11.6 Å². The van der Waals surface area contributed by atoms with Gasteiger partial charge in [0.1, 0.15) is 5.82 Å². The summed E-state index contributed by atoms with van der Waals surface area (Å²) < 4.78 is 2.60. The van der Waals surface area contributed by atoms with E-state index in [-0.39, 0.29) is 17.4 Å². The van der Waals surface area contributed by atoms with Crippen LogP contribution in [0.1, 0.15) is 38.7 Å². The smallest absolute Gasteiger partial charge is 0.332 e. The Labute approximate surface area is 140 Å². The van der Waals surface area contributed by atoms with Crippen molar-refractivity contribution >= 4 is 28.7 Å². The molecule has 0 saturated heterocycles. The fourth-order valence-corrected chi connectivity index (χ4v) is 2.37. The number of thioether (sulfide) groups is 1. The Morgan fingerprint density at radius 3 is 2.61 bits per heavy atom. The molecule has 0 aliphatic heterocycles. The van der Waals surface area contributed by atoms with Crippen molar-refractivity contribution in [1.82, 2.24) is 9.13 Å². The summed E-state index contributed by atoms with van der Waals surface area (Å²) >= 11 is 1.45. The van der Waals surface area contributed by atoms with Crippen molar-refractivity contribution in [2.24, 2.45) is 12.0 Å². The molecule has 0 bridgehead atoms. The van der Waals surface area contributed by atoms with Crippen LogP contribution in [-0.2, 0) is 13.6 Å². The zero-order valence-corrected chi connectivity index (χ0v) is 15.0. The molecule has 6 nitrogen and oxygen atoms in total. The summed E-state index contributed by atoms with van der Waals surface area (Å²) in [6.07, 6.45) is 5.02. The molecule has 0 fully saturated rings. The van der Waals surface area contributed by atoms with E-state index in [4.69, 9.17) is 0 Å². The Morgan fingerprint density at radius 2 is 2.09 bits per heavy atom. The summed E-state index contributed by atoms with van der Waals surface area (Å²) in [6.45, 7) is 7.55. The third-order valence-corrected chi connectivity index (χ3v) is 4.25. The Morgan fingerprint density at radius 1 is 1.43 bits per heavy atom. The Bertz CT molecular complexity index is 702. The van der Waals surface area contributed by atoms with Gasteiger partial charge in [0.15, 0.2) is 0 Å². The van der Waals surface area contributed by atoms with Gasteiger partial charge in [-0.3, -0.25) is 13.9 Å². The molecular formula is C16H25N3O3S. The number of hydrogen-bond donors (Lipinski definition) is 1. The van der Waals surface area contributed by atoms with E-state index in [0.717, 1.165) is 11.5 Å². The first kappa shape index (κ1) is 19.4. The van der Waals surface area contributed by atoms with Crippen LogP contribution in [0, 0.1) is 0 Å². The van der Waals surface area contributed by atoms with Gasteiger partial charge in [-0.2, -0.15) is 0 Å². The zero-order valence-electron chi connectivity index (χ0n) is 14.2. The summed E-state index contributed by atoms with van der Waals surface area (Å²) in [6, 6.07) is 0. The van der Waals surface area contributed by atoms with Crippen LogP contribution >= 0.6 is 11.8 Å². The fraction of sp³-hybridized carbons (Fsp3) is 0.562. The first-order chi connectivity index (χ1) is 10.8. The highest BCUT2D eigenvalue weighted by atomic mass is 32.2. The van der Waals surface area contributed by atoms with Crippen LogP contribution in [-0.4, -0.2) is 31.6 Å². The number of aliphatic hydroxyl groups excluding tert-OH is 1. The lowest BCUT2D eigenvalue weighted by Crippen LogP contribution is -2.40. The van der Waals surface area contributed by atoms with Crippen molar-refractivity contribution in [1.29, 1.82) is 0 Å². The van der Waals surface area contributed by atoms with Gasteiger partial charge in [-0.15, -0.1) is 11.8 Å². The third-order valence-electron chi connectivity index (χ3n) is 3.57. The lowest BCUT2D eigenvalue weighted by Gasteiger charge is -2.13. The van der Waals surface area contributed by atoms with E-state index < -0.39 is 0 Å². The predicted molar refractivity (Wildman–Crippen MR) is 97.8 cm³/mol. The molecule has 23 heavy (non-hydrogen) atoms. The van der Waals surface area contributed by atoms with Gasteiger partial charge in [0, 0.05) is 13.6 Å². The second kappa shape index (κ2) is 8.88. The van der Waals surface area contributed by atoms with Crippen LogP contribution in [0.3, 0.4) is 0 Å². The van der Waals surface area contributed by atoms with Crippen molar-refractivity contribution in [2.75, 3.05) is 6.26 Å². The molecule has 0 unspecified atom stereocenters. The second-order valence-corrected chi connectivity index (χ2v) is 6.42. The lowest BCUT2D eigenvalue weighted by atomic mass is 10.2. The molecule has 0 aromatic carbocycles. The number of nitrogens with zero attached hydrogens (tertiary/aromatic N) is 3. The van der Waals surface area contributed by atoms with Crippen LogP contribution < -0.4 is 11.2 Å². The molecule has 1 heterocycles. The van der Waals surface area contributed by atoms with E-state index in [9.17, 15) is 14.7 Å². The van der Waals surface area contributed by atoms with Gasteiger partial charge in [-0.1, -0.05) is 12.7 Å². The van der Waals surface area contributed by atoms with Gasteiger partial charge in [-0.25, -0.2) is 9.79 Å². The number of aliphatic hydroxyl groups is 1. The van der Waals surface area contributed by atoms with Gasteiger partial charge in [-0.05, 0) is 39.4 Å². The van der Waals surface area contributed by atoms with E-state index in [1.807, 2.05) is 13.2 Å². The molecule has 1 N–H and O–H groups in total. The van der Waals surface area contributed by atoms with Crippen LogP contribution in [0.5, 0.6) is 0 Å². The second-order valence-electron chi connectivity index (χ2n) is 5.42. The number of aromatic nitrogens is 2. The van der Waals surface area contributed by atoms with Gasteiger partial charge in [0.05, 0.1) is 16.7 Å². The standard InChI is InChI=1S/C16H25N3O3S/c1-6-13-14(17-12(3)23-5)18(4)16(22)19(15(13)21)10-8-7-9-11(2)20/h6,11,20H,1,7-10H2,2-5H3/t11-/m1/s1. The largest absolute Gasteiger partial charge is 0.393 e. The van der Waals surface area contributed by atoms with Crippen molar-refractivity contribution in [3.05, 3.63) is 33.0 Å². The van der Waals surface area contributed by atoms with Crippen molar-refractivity contribution in [2.45, 2.75) is 45.8 Å². The lowest BCUT2D eigenvalue weighted by molar-refractivity contribution is 0.180. The first-order valence-electron chi connectivity index (χ1n) is 7.57. The molecule has 1 aromatic heterocycles. The molecule has 0 spiro atoms. The predicted octanol–water partition coefficient (Wildman–Crippen LogP) is 2.15. The SMILES string of the molecule is C=Cc1c(N=C(C)SC)n(C)c(=O)n(CCCC[C@@H](C)O)c1=O. The molecule has 1 rings (SSSR count). The molecule has 1 aromatic rings. The van der Waals surface area contributed by atoms with E-state index in [0.29, 0.717) is 30.8 Å². The summed E-state index contributed by atoms with van der Waals surface area (Å²) in [4.78, 5) is 29.3. The van der Waals surface area contributed by atoms with Crippen molar-refractivity contribution in [3.63, 3.8) is 0 Å². The molecule has 0 saturated carbocycles. The first-order valence-corrected chi connectivity index (χ1v) is 8.79. The highest BCUT2D eigenvalue weighted by molar-refractivity contribution is 8.13. The average molecular weight is 339 g/mol. The molecule has 0 radical (unpaired) electrons. The van der Waals surface area contributed by atoms with Gasteiger partial charge >= 0.3 is 5.69 Å². The van der Waals surface area contributed by atoms with Crippen LogP contribution in [0.15, 0.2) is 21.2 Å². The van der Waals surface area contributed by atoms with Crippen LogP contribution in [0.4, 0.5) is 5.82 Å². The number of aliphatic imine (C=N–C) groups is 1.